The summed E-state index contributed by atoms with van der Waals surface area (Å²) in [6, 6.07) is 42.9. The van der Waals surface area contributed by atoms with E-state index < -0.39 is 0 Å². The maximum atomic E-state index is 6.08. The fraction of sp³-hybridized carbons (Fsp3) is 0.571. The molecule has 0 saturated heterocycles. The third kappa shape index (κ3) is 33.0. The molecule has 9 aromatic rings. The Balaban J connectivity index is 0.984. The first kappa shape index (κ1) is 116. The minimum absolute atomic E-state index is 0.312. The summed E-state index contributed by atoms with van der Waals surface area (Å²) in [6.07, 6.45) is 93.2. The Morgan fingerprint density at radius 1 is 0.189 bits per heavy atom. The van der Waals surface area contributed by atoms with Crippen LogP contribution in [0.4, 0.5) is 0 Å². The SMILES string of the molecule is CCCCCCC(CCCCCC)c1cc(C)c(-c2c3nc(c(C(CCCCCC)CCCCCC)c4ccc([nH]4)[13c](-c4ccc(C#Cc5ccc(-[13c]6c7ccc([nH]7)c(C(CCCCCC)CCCCCC)c7nc(c(C(CCCCCC)CCCCCC)c8nc(c(C(CCCCCC)CCCCCC)c9ccc6[nH]9)C=C8)C=C7)cc5)cc4)c4ccc([nH]4)c(C(CCCCCC)CCCCCC)c4nc2C=C4)C=C3)c(C)c1. The van der Waals surface area contributed by atoms with Gasteiger partial charge in [-0.15, -0.1) is 0 Å². The average Bonchev–Trinajstić information content (AvgIpc) is 1.63. The molecule has 0 radical (unpaired) electrons. The highest BCUT2D eigenvalue weighted by Crippen LogP contribution is 2.48. The lowest BCUT2D eigenvalue weighted by atomic mass is 9.84. The third-order valence-electron chi connectivity index (χ3n) is 33.6. The summed E-state index contributed by atoms with van der Waals surface area (Å²) in [5, 5.41) is 0. The number of hydrogen-bond donors (Lipinski definition) is 4. The number of nitrogens with zero attached hydrogens (tertiary/aromatic N) is 4. The second-order valence-electron chi connectivity index (χ2n) is 45.5. The van der Waals surface area contributed by atoms with E-state index in [-0.39, 0.29) is 0 Å². The van der Waals surface area contributed by atoms with Gasteiger partial charge in [0.2, 0.25) is 0 Å². The summed E-state index contributed by atoms with van der Waals surface area (Å²) < 4.78 is 0. The van der Waals surface area contributed by atoms with Crippen LogP contribution in [0.3, 0.4) is 0 Å². The smallest absolute Gasteiger partial charge is 0.0738 e. The van der Waals surface area contributed by atoms with Crippen LogP contribution in [0.25, 0.3) is 126 Å². The van der Waals surface area contributed by atoms with Gasteiger partial charge in [0.25, 0.3) is 0 Å². The molecule has 3 aromatic carbocycles. The first-order valence-electron chi connectivity index (χ1n) is 62.0. The lowest BCUT2D eigenvalue weighted by Crippen LogP contribution is -2.06. The van der Waals surface area contributed by atoms with Crippen molar-refractivity contribution in [3.63, 3.8) is 0 Å². The maximum Gasteiger partial charge on any atom is 0.0738 e. The normalized spacial score (nSPS) is 12.5. The van der Waals surface area contributed by atoms with Crippen molar-refractivity contribution in [2.45, 2.75) is 518 Å². The second-order valence-corrected chi connectivity index (χ2v) is 45.5. The van der Waals surface area contributed by atoms with Crippen LogP contribution in [0, 0.1) is 25.7 Å². The van der Waals surface area contributed by atoms with Crippen molar-refractivity contribution >= 4 is 92.7 Å². The lowest BCUT2D eigenvalue weighted by molar-refractivity contribution is 0.493. The van der Waals surface area contributed by atoms with Gasteiger partial charge in [0.15, 0.2) is 0 Å². The van der Waals surface area contributed by atoms with Gasteiger partial charge >= 0.3 is 0 Å². The van der Waals surface area contributed by atoms with Crippen molar-refractivity contribution in [2.75, 3.05) is 0 Å². The largest absolute Gasteiger partial charge is 0.355 e. The number of aryl methyl sites for hydroxylation is 2. The Hall–Kier alpha value is -9.58. The molecular formula is C140H198N8. The van der Waals surface area contributed by atoms with Crippen LogP contribution in [-0.2, 0) is 0 Å². The molecule has 10 heterocycles. The zero-order valence-corrected chi connectivity index (χ0v) is 95.7. The molecule has 13 rings (SSSR count). The maximum absolute atomic E-state index is 6.08. The van der Waals surface area contributed by atoms with Crippen molar-refractivity contribution in [1.29, 1.82) is 0 Å². The van der Waals surface area contributed by atoms with Crippen LogP contribution in [0.5, 0.6) is 0 Å². The van der Waals surface area contributed by atoms with Crippen LogP contribution >= 0.6 is 0 Å². The molecule has 8 heteroatoms. The van der Waals surface area contributed by atoms with E-state index in [2.05, 4.69) is 287 Å². The van der Waals surface area contributed by atoms with Crippen LogP contribution in [0.2, 0.25) is 0 Å². The highest BCUT2D eigenvalue weighted by Gasteiger charge is 2.31. The zero-order chi connectivity index (χ0) is 104. The first-order chi connectivity index (χ1) is 72.8. The van der Waals surface area contributed by atoms with E-state index in [1.54, 1.807) is 0 Å². The van der Waals surface area contributed by atoms with Gasteiger partial charge < -0.3 is 19.9 Å². The third-order valence-corrected chi connectivity index (χ3v) is 33.6. The number of H-pyrrole nitrogens is 4. The summed E-state index contributed by atoms with van der Waals surface area (Å²) in [6.45, 7) is 33.0. The molecule has 16 bridgehead atoms. The van der Waals surface area contributed by atoms with Gasteiger partial charge in [-0.3, -0.25) is 0 Å². The number of rotatable bonds is 69. The van der Waals surface area contributed by atoms with Crippen molar-refractivity contribution in [3.8, 4) is 45.2 Å². The van der Waals surface area contributed by atoms with Crippen LogP contribution < -0.4 is 0 Å². The van der Waals surface area contributed by atoms with E-state index in [1.807, 2.05) is 0 Å². The molecule has 0 spiro atoms. The average molecular weight is 2000 g/mol. The molecule has 6 aromatic heterocycles. The molecule has 0 unspecified atom stereocenters. The van der Waals surface area contributed by atoms with Gasteiger partial charge in [-0.05, 0) is 281 Å². The number of fused-ring (bicyclic) bond motifs is 16. The molecule has 798 valence electrons. The van der Waals surface area contributed by atoms with Gasteiger partial charge in [-0.25, -0.2) is 19.9 Å². The summed E-state index contributed by atoms with van der Waals surface area (Å²) in [4.78, 5) is 41.5. The number of benzene rings is 3. The van der Waals surface area contributed by atoms with Crippen molar-refractivity contribution in [3.05, 3.63) is 210 Å². The summed E-state index contributed by atoms with van der Waals surface area (Å²) in [7, 11) is 0. The number of unbranched alkanes of at least 4 members (excludes halogenated alkanes) is 36. The van der Waals surface area contributed by atoms with Gasteiger partial charge in [-0.2, -0.15) is 0 Å². The molecule has 4 aliphatic heterocycles. The molecule has 0 saturated carbocycles. The topological polar surface area (TPSA) is 115 Å². The van der Waals surface area contributed by atoms with Crippen molar-refractivity contribution in [1.82, 2.24) is 39.9 Å². The highest BCUT2D eigenvalue weighted by molar-refractivity contribution is 5.98. The fourth-order valence-electron chi connectivity index (χ4n) is 25.2. The standard InChI is InChI=1S/C140H198N8/c1-15-27-39-51-63-107(64-52-40-28-16-2)115-101-103(13)132(104(14)102-115)140-130-99-97-124(147-130)136(111(71-59-47-35-23-9)72-60-48-36-24-10)122-91-95-128(145-122)139(129-96-92-123(146-129)137(125-98-100-131(140)148-125)112(73-61-49-37-25-11)74-62-50-38-26-12)114-83-79-106(80-84-114)76-75-105-77-81-113(82-78-105)138-126-93-89-120(143-126)134(109(67-55-43-31-19-5)68-56-44-32-20-6)118-87-85-116(141-118)133(108(65-53-41-29-17-3)66-54-42-30-18-4)117-86-88-119(142-117)135(121-90-94-127(138)144-121)110(69-57-45-33-21-7)70-58-46-34-22-8/h77-102,107-112,143-146H,15-74H2,1-14H3/i138+1,139+1. The number of nitrogens with one attached hydrogen (secondary N) is 4. The van der Waals surface area contributed by atoms with Crippen LogP contribution in [0.15, 0.2) is 109 Å². The molecular weight excluding hydrogens is 1800 g/mol. The van der Waals surface area contributed by atoms with E-state index in [0.29, 0.717) is 35.5 Å². The van der Waals surface area contributed by atoms with E-state index in [0.717, 1.165) is 158 Å². The molecule has 148 heavy (non-hydrogen) atoms. The predicted octanol–water partition coefficient (Wildman–Crippen LogP) is 44.8. The monoisotopic (exact) mass is 1990 g/mol. The fourth-order valence-corrected chi connectivity index (χ4v) is 25.2. The Kier molecular flexibility index (Phi) is 49.7. The Labute approximate surface area is 899 Å². The van der Waals surface area contributed by atoms with E-state index in [1.165, 1.54) is 406 Å². The Morgan fingerprint density at radius 3 is 0.601 bits per heavy atom. The Bertz CT molecular complexity index is 5720. The second kappa shape index (κ2) is 63.7. The van der Waals surface area contributed by atoms with Gasteiger partial charge in [0, 0.05) is 99.8 Å². The van der Waals surface area contributed by atoms with E-state index in [4.69, 9.17) is 19.9 Å². The molecule has 8 nitrogen and oxygen atoms in total. The lowest BCUT2D eigenvalue weighted by Gasteiger charge is -2.21. The first-order valence-corrected chi connectivity index (χ1v) is 62.0. The molecule has 0 aliphatic carbocycles. The summed E-state index contributed by atoms with van der Waals surface area (Å²) in [5.41, 5.74) is 38.0. The van der Waals surface area contributed by atoms with Gasteiger partial charge in [0.1, 0.15) is 0 Å². The number of aromatic nitrogens is 8. The van der Waals surface area contributed by atoms with Crippen LogP contribution in [0.1, 0.15) is 605 Å². The van der Waals surface area contributed by atoms with Crippen molar-refractivity contribution in [2.24, 2.45) is 0 Å². The summed E-state index contributed by atoms with van der Waals surface area (Å²) in [5.74, 6) is 9.72. The highest BCUT2D eigenvalue weighted by atomic mass is 14.9. The number of hydrogen-bond acceptors (Lipinski definition) is 4. The Morgan fingerprint density at radius 2 is 0.378 bits per heavy atom. The van der Waals surface area contributed by atoms with E-state index >= 15 is 0 Å². The minimum atomic E-state index is 0.312. The van der Waals surface area contributed by atoms with Gasteiger partial charge in [0.05, 0.1) is 45.6 Å². The molecule has 0 amide bonds. The molecule has 4 N–H and O–H groups in total. The number of aromatic amines is 4. The van der Waals surface area contributed by atoms with E-state index in [9.17, 15) is 0 Å². The van der Waals surface area contributed by atoms with Gasteiger partial charge in [-0.1, -0.05) is 440 Å². The zero-order valence-electron chi connectivity index (χ0n) is 95.7. The minimum Gasteiger partial charge on any atom is -0.355 e. The molecule has 0 fully saturated rings. The summed E-state index contributed by atoms with van der Waals surface area (Å²) >= 11 is 0. The quantitative estimate of drug-likeness (QED) is 0.0225. The van der Waals surface area contributed by atoms with Crippen LogP contribution in [-0.4, -0.2) is 39.9 Å². The van der Waals surface area contributed by atoms with Crippen molar-refractivity contribution < 1.29 is 0 Å². The predicted molar refractivity (Wildman–Crippen MR) is 651 cm³/mol. The molecule has 0 atom stereocenters. The molecule has 4 aliphatic rings.